The summed E-state index contributed by atoms with van der Waals surface area (Å²) in [4.78, 5) is 15.8. The van der Waals surface area contributed by atoms with Crippen molar-refractivity contribution in [2.24, 2.45) is 0 Å². The third-order valence-electron chi connectivity index (χ3n) is 2.26. The quantitative estimate of drug-likeness (QED) is 0.929. The van der Waals surface area contributed by atoms with Crippen molar-refractivity contribution in [1.82, 2.24) is 10.3 Å². The van der Waals surface area contributed by atoms with Crippen LogP contribution in [0, 0.1) is 18.6 Å². The molecule has 2 aromatic rings. The molecule has 1 amide bonds. The van der Waals surface area contributed by atoms with Crippen molar-refractivity contribution in [2.45, 2.75) is 13.5 Å². The van der Waals surface area contributed by atoms with Crippen LogP contribution < -0.4 is 5.32 Å². The summed E-state index contributed by atoms with van der Waals surface area (Å²) < 4.78 is 26.3. The van der Waals surface area contributed by atoms with Gasteiger partial charge in [0.1, 0.15) is 5.01 Å². The molecule has 3 nitrogen and oxygen atoms in total. The highest BCUT2D eigenvalue weighted by molar-refractivity contribution is 7.09. The van der Waals surface area contributed by atoms with Crippen LogP contribution in [0.4, 0.5) is 8.78 Å². The van der Waals surface area contributed by atoms with Crippen LogP contribution in [0.25, 0.3) is 0 Å². The maximum Gasteiger partial charge on any atom is 0.254 e. The van der Waals surface area contributed by atoms with Crippen LogP contribution in [-0.2, 0) is 6.54 Å². The molecule has 0 aliphatic rings. The van der Waals surface area contributed by atoms with Gasteiger partial charge in [0, 0.05) is 11.1 Å². The Labute approximate surface area is 106 Å². The van der Waals surface area contributed by atoms with E-state index in [-0.39, 0.29) is 12.1 Å². The molecule has 0 radical (unpaired) electrons. The SMILES string of the molecule is Cc1csc(CNC(=O)c2cccc(F)c2F)n1. The molecule has 0 bridgehead atoms. The van der Waals surface area contributed by atoms with Gasteiger partial charge in [0.05, 0.1) is 12.1 Å². The van der Waals surface area contributed by atoms with Crippen LogP contribution >= 0.6 is 11.3 Å². The average molecular weight is 268 g/mol. The first kappa shape index (κ1) is 12.6. The number of amides is 1. The molecule has 1 N–H and O–H groups in total. The summed E-state index contributed by atoms with van der Waals surface area (Å²) in [5.41, 5.74) is 0.560. The molecular formula is C12H10F2N2OS. The van der Waals surface area contributed by atoms with E-state index in [0.29, 0.717) is 0 Å². The van der Waals surface area contributed by atoms with E-state index >= 15 is 0 Å². The second-order valence-corrected chi connectivity index (χ2v) is 4.61. The summed E-state index contributed by atoms with van der Waals surface area (Å²) >= 11 is 1.40. The lowest BCUT2D eigenvalue weighted by Gasteiger charge is -2.04. The minimum atomic E-state index is -1.13. The first-order valence-electron chi connectivity index (χ1n) is 5.21. The maximum absolute atomic E-state index is 13.3. The molecule has 0 atom stereocenters. The molecule has 1 aromatic heterocycles. The van der Waals surface area contributed by atoms with E-state index in [1.807, 2.05) is 12.3 Å². The van der Waals surface area contributed by atoms with Crippen molar-refractivity contribution in [1.29, 1.82) is 0 Å². The number of aromatic nitrogens is 1. The highest BCUT2D eigenvalue weighted by Crippen LogP contribution is 2.12. The van der Waals surface area contributed by atoms with E-state index in [1.165, 1.54) is 23.5 Å². The van der Waals surface area contributed by atoms with Crippen LogP contribution in [0.15, 0.2) is 23.6 Å². The maximum atomic E-state index is 13.3. The average Bonchev–Trinajstić information content (AvgIpc) is 2.76. The van der Waals surface area contributed by atoms with Crippen molar-refractivity contribution in [3.63, 3.8) is 0 Å². The number of carbonyl (C=O) groups excluding carboxylic acids is 1. The lowest BCUT2D eigenvalue weighted by atomic mass is 10.2. The number of carbonyl (C=O) groups is 1. The van der Waals surface area contributed by atoms with Crippen molar-refractivity contribution in [3.8, 4) is 0 Å². The van der Waals surface area contributed by atoms with Crippen LogP contribution in [-0.4, -0.2) is 10.9 Å². The van der Waals surface area contributed by atoms with Gasteiger partial charge in [-0.1, -0.05) is 6.07 Å². The van der Waals surface area contributed by atoms with Crippen LogP contribution in [0.2, 0.25) is 0 Å². The zero-order chi connectivity index (χ0) is 13.1. The Bertz CT molecular complexity index is 583. The molecule has 18 heavy (non-hydrogen) atoms. The molecule has 94 valence electrons. The third-order valence-corrected chi connectivity index (χ3v) is 3.23. The summed E-state index contributed by atoms with van der Waals surface area (Å²) in [6.07, 6.45) is 0. The Morgan fingerprint density at radius 3 is 2.89 bits per heavy atom. The first-order chi connectivity index (χ1) is 8.58. The Morgan fingerprint density at radius 1 is 1.44 bits per heavy atom. The molecule has 2 rings (SSSR count). The number of halogens is 2. The summed E-state index contributed by atoms with van der Waals surface area (Å²) in [5.74, 6) is -2.82. The van der Waals surface area contributed by atoms with Crippen molar-refractivity contribution < 1.29 is 13.6 Å². The Balaban J connectivity index is 2.06. The lowest BCUT2D eigenvalue weighted by molar-refractivity contribution is 0.0945. The number of nitrogens with one attached hydrogen (secondary N) is 1. The van der Waals surface area contributed by atoms with Crippen LogP contribution in [0.5, 0.6) is 0 Å². The molecule has 0 saturated carbocycles. The largest absolute Gasteiger partial charge is 0.345 e. The van der Waals surface area contributed by atoms with Gasteiger partial charge >= 0.3 is 0 Å². The number of thiazole rings is 1. The highest BCUT2D eigenvalue weighted by Gasteiger charge is 2.14. The van der Waals surface area contributed by atoms with Gasteiger partial charge < -0.3 is 5.32 Å². The second-order valence-electron chi connectivity index (χ2n) is 3.67. The van der Waals surface area contributed by atoms with Crippen LogP contribution in [0.1, 0.15) is 21.1 Å². The summed E-state index contributed by atoms with van der Waals surface area (Å²) in [5, 5.41) is 5.07. The number of rotatable bonds is 3. The Hall–Kier alpha value is -1.82. The highest BCUT2D eigenvalue weighted by atomic mass is 32.1. The minimum absolute atomic E-state index is 0.202. The van der Waals surface area contributed by atoms with E-state index in [0.717, 1.165) is 16.8 Å². The van der Waals surface area contributed by atoms with Crippen molar-refractivity contribution >= 4 is 17.2 Å². The van der Waals surface area contributed by atoms with E-state index in [9.17, 15) is 13.6 Å². The van der Waals surface area contributed by atoms with Gasteiger partial charge in [-0.3, -0.25) is 4.79 Å². The van der Waals surface area contributed by atoms with Gasteiger partial charge in [-0.15, -0.1) is 11.3 Å². The molecule has 0 fully saturated rings. The zero-order valence-corrected chi connectivity index (χ0v) is 10.4. The first-order valence-corrected chi connectivity index (χ1v) is 6.09. The molecule has 0 unspecified atom stereocenters. The number of nitrogens with zero attached hydrogens (tertiary/aromatic N) is 1. The molecule has 0 aliphatic heterocycles. The van der Waals surface area contributed by atoms with E-state index in [4.69, 9.17) is 0 Å². The topological polar surface area (TPSA) is 42.0 Å². The predicted molar refractivity (Wildman–Crippen MR) is 64.4 cm³/mol. The van der Waals surface area contributed by atoms with Crippen LogP contribution in [0.3, 0.4) is 0 Å². The van der Waals surface area contributed by atoms with E-state index in [2.05, 4.69) is 10.3 Å². The standard InChI is InChI=1S/C12H10F2N2OS/c1-7-6-18-10(16-7)5-15-12(17)8-3-2-4-9(13)11(8)14/h2-4,6H,5H2,1H3,(H,15,17). The fourth-order valence-electron chi connectivity index (χ4n) is 1.41. The number of benzene rings is 1. The number of hydrogen-bond acceptors (Lipinski definition) is 3. The van der Waals surface area contributed by atoms with E-state index in [1.54, 1.807) is 0 Å². The second kappa shape index (κ2) is 5.22. The monoisotopic (exact) mass is 268 g/mol. The van der Waals surface area contributed by atoms with Gasteiger partial charge in [0.2, 0.25) is 0 Å². The van der Waals surface area contributed by atoms with Gasteiger partial charge in [-0.2, -0.15) is 0 Å². The molecule has 0 aliphatic carbocycles. The Morgan fingerprint density at radius 2 is 2.22 bits per heavy atom. The number of hydrogen-bond donors (Lipinski definition) is 1. The van der Waals surface area contributed by atoms with Crippen molar-refractivity contribution in [2.75, 3.05) is 0 Å². The molecular weight excluding hydrogens is 258 g/mol. The lowest BCUT2D eigenvalue weighted by Crippen LogP contribution is -2.24. The van der Waals surface area contributed by atoms with Crippen molar-refractivity contribution in [3.05, 3.63) is 51.5 Å². The minimum Gasteiger partial charge on any atom is -0.345 e. The fraction of sp³-hybridized carbons (Fsp3) is 0.167. The summed E-state index contributed by atoms with van der Waals surface area (Å²) in [6, 6.07) is 3.50. The van der Waals surface area contributed by atoms with E-state index < -0.39 is 17.5 Å². The predicted octanol–water partition coefficient (Wildman–Crippen LogP) is 2.66. The number of aryl methyl sites for hydroxylation is 1. The molecule has 6 heteroatoms. The fourth-order valence-corrected chi connectivity index (χ4v) is 2.13. The summed E-state index contributed by atoms with van der Waals surface area (Å²) in [6.45, 7) is 2.04. The summed E-state index contributed by atoms with van der Waals surface area (Å²) in [7, 11) is 0. The molecule has 0 spiro atoms. The Kier molecular flexibility index (Phi) is 3.66. The van der Waals surface area contributed by atoms with Gasteiger partial charge in [0.15, 0.2) is 11.6 Å². The van der Waals surface area contributed by atoms with Gasteiger partial charge in [0.25, 0.3) is 5.91 Å². The molecule has 1 aromatic carbocycles. The molecule has 1 heterocycles. The third kappa shape index (κ3) is 2.70. The smallest absolute Gasteiger partial charge is 0.254 e. The van der Waals surface area contributed by atoms with Gasteiger partial charge in [-0.05, 0) is 19.1 Å². The van der Waals surface area contributed by atoms with Gasteiger partial charge in [-0.25, -0.2) is 13.8 Å². The molecule has 0 saturated heterocycles. The normalized spacial score (nSPS) is 10.4. The zero-order valence-electron chi connectivity index (χ0n) is 9.54.